The summed E-state index contributed by atoms with van der Waals surface area (Å²) >= 11 is 3.37. The number of benzene rings is 1. The van der Waals surface area contributed by atoms with Crippen molar-refractivity contribution >= 4 is 32.7 Å². The second-order valence-electron chi connectivity index (χ2n) is 6.13. The number of halogens is 1. The smallest absolute Gasteiger partial charge is 0.261 e. The van der Waals surface area contributed by atoms with Gasteiger partial charge in [0.1, 0.15) is 0 Å². The number of amides is 1. The summed E-state index contributed by atoms with van der Waals surface area (Å²) in [6, 6.07) is 5.55. The highest BCUT2D eigenvalue weighted by atomic mass is 79.9. The number of hydrogen-bond donors (Lipinski definition) is 1. The molecule has 2 aromatic rings. The fraction of sp³-hybridized carbons (Fsp3) is 0.471. The molecule has 1 saturated heterocycles. The van der Waals surface area contributed by atoms with Crippen molar-refractivity contribution in [2.75, 3.05) is 13.1 Å². The van der Waals surface area contributed by atoms with Crippen LogP contribution in [0.1, 0.15) is 25.7 Å². The van der Waals surface area contributed by atoms with E-state index in [4.69, 9.17) is 5.73 Å². The van der Waals surface area contributed by atoms with E-state index in [0.717, 1.165) is 30.3 Å². The van der Waals surface area contributed by atoms with Crippen molar-refractivity contribution in [1.29, 1.82) is 0 Å². The van der Waals surface area contributed by atoms with Crippen LogP contribution >= 0.6 is 15.9 Å². The average Bonchev–Trinajstić information content (AvgIpc) is 2.61. The SMILES string of the molecule is NCC1CCCCN1C(=O)CCn1cnc2ccc(Br)cc2c1=O. The first-order chi connectivity index (χ1) is 11.6. The molecule has 1 fully saturated rings. The molecule has 24 heavy (non-hydrogen) atoms. The lowest BCUT2D eigenvalue weighted by Crippen LogP contribution is -2.47. The largest absolute Gasteiger partial charge is 0.338 e. The number of fused-ring (bicyclic) bond motifs is 1. The molecule has 1 unspecified atom stereocenters. The van der Waals surface area contributed by atoms with Crippen LogP contribution in [0, 0.1) is 0 Å². The van der Waals surface area contributed by atoms with Gasteiger partial charge in [0.15, 0.2) is 0 Å². The normalized spacial score (nSPS) is 18.1. The molecule has 0 saturated carbocycles. The summed E-state index contributed by atoms with van der Waals surface area (Å²) in [4.78, 5) is 31.2. The van der Waals surface area contributed by atoms with Crippen LogP contribution in [0.4, 0.5) is 0 Å². The van der Waals surface area contributed by atoms with Crippen molar-refractivity contribution < 1.29 is 4.79 Å². The van der Waals surface area contributed by atoms with Gasteiger partial charge in [-0.15, -0.1) is 0 Å². The molecule has 0 aliphatic carbocycles. The Kier molecular flexibility index (Phi) is 5.30. The molecule has 2 heterocycles. The molecule has 0 spiro atoms. The maximum Gasteiger partial charge on any atom is 0.261 e. The second kappa shape index (κ2) is 7.44. The van der Waals surface area contributed by atoms with Crippen LogP contribution in [0.15, 0.2) is 33.8 Å². The Labute approximate surface area is 148 Å². The molecule has 3 rings (SSSR count). The maximum absolute atomic E-state index is 12.5. The number of rotatable bonds is 4. The quantitative estimate of drug-likeness (QED) is 0.860. The first kappa shape index (κ1) is 17.1. The molecule has 1 atom stereocenters. The Bertz CT molecular complexity index is 805. The molecule has 1 aliphatic heterocycles. The molecule has 128 valence electrons. The number of nitrogens with zero attached hydrogens (tertiary/aromatic N) is 3. The number of carbonyl (C=O) groups excluding carboxylic acids is 1. The number of aryl methyl sites for hydroxylation is 1. The van der Waals surface area contributed by atoms with Gasteiger partial charge in [-0.25, -0.2) is 4.98 Å². The number of piperidine rings is 1. The Morgan fingerprint density at radius 2 is 2.21 bits per heavy atom. The molecule has 0 radical (unpaired) electrons. The molecule has 1 aromatic carbocycles. The van der Waals surface area contributed by atoms with Crippen molar-refractivity contribution in [1.82, 2.24) is 14.5 Å². The number of carbonyl (C=O) groups is 1. The van der Waals surface area contributed by atoms with Gasteiger partial charge < -0.3 is 10.6 Å². The highest BCUT2D eigenvalue weighted by molar-refractivity contribution is 9.10. The fourth-order valence-corrected chi connectivity index (χ4v) is 3.59. The third-order valence-corrected chi connectivity index (χ3v) is 5.07. The van der Waals surface area contributed by atoms with Crippen molar-refractivity contribution in [3.05, 3.63) is 39.4 Å². The molecule has 0 bridgehead atoms. The lowest BCUT2D eigenvalue weighted by molar-refractivity contribution is -0.134. The standard InChI is InChI=1S/C17H21BrN4O2/c18-12-4-5-15-14(9-12)17(24)21(11-20-15)8-6-16(23)22-7-2-1-3-13(22)10-19/h4-5,9,11,13H,1-3,6-8,10,19H2. The zero-order valence-electron chi connectivity index (χ0n) is 13.4. The van der Waals surface area contributed by atoms with Crippen molar-refractivity contribution in [2.45, 2.75) is 38.3 Å². The maximum atomic E-state index is 12.5. The van der Waals surface area contributed by atoms with Gasteiger partial charge in [0.2, 0.25) is 5.91 Å². The third-order valence-electron chi connectivity index (χ3n) is 4.57. The summed E-state index contributed by atoms with van der Waals surface area (Å²) in [5, 5.41) is 0.553. The summed E-state index contributed by atoms with van der Waals surface area (Å²) in [6.45, 7) is 1.59. The molecular formula is C17H21BrN4O2. The molecule has 1 aromatic heterocycles. The lowest BCUT2D eigenvalue weighted by Gasteiger charge is -2.35. The first-order valence-corrected chi connectivity index (χ1v) is 9.03. The van der Waals surface area contributed by atoms with E-state index in [1.165, 1.54) is 10.9 Å². The second-order valence-corrected chi connectivity index (χ2v) is 7.04. The Hall–Kier alpha value is -1.73. The van der Waals surface area contributed by atoms with Gasteiger partial charge in [-0.3, -0.25) is 14.2 Å². The Morgan fingerprint density at radius 1 is 1.38 bits per heavy atom. The van der Waals surface area contributed by atoms with Crippen LogP contribution in [-0.2, 0) is 11.3 Å². The Morgan fingerprint density at radius 3 is 3.00 bits per heavy atom. The fourth-order valence-electron chi connectivity index (χ4n) is 3.22. The van der Waals surface area contributed by atoms with Gasteiger partial charge in [0.25, 0.3) is 5.56 Å². The van der Waals surface area contributed by atoms with E-state index in [2.05, 4.69) is 20.9 Å². The predicted octanol–water partition coefficient (Wildman–Crippen LogP) is 1.89. The van der Waals surface area contributed by atoms with E-state index in [1.54, 1.807) is 12.1 Å². The zero-order valence-corrected chi connectivity index (χ0v) is 15.0. The lowest BCUT2D eigenvalue weighted by atomic mass is 10.0. The molecule has 1 amide bonds. The molecule has 1 aliphatic rings. The van der Waals surface area contributed by atoms with Gasteiger partial charge in [-0.05, 0) is 37.5 Å². The minimum atomic E-state index is -0.122. The molecular weight excluding hydrogens is 372 g/mol. The number of nitrogens with two attached hydrogens (primary N) is 1. The van der Waals surface area contributed by atoms with Crippen LogP contribution in [0.5, 0.6) is 0 Å². The van der Waals surface area contributed by atoms with Crippen molar-refractivity contribution in [3.63, 3.8) is 0 Å². The van der Waals surface area contributed by atoms with Gasteiger partial charge >= 0.3 is 0 Å². The highest BCUT2D eigenvalue weighted by Crippen LogP contribution is 2.18. The van der Waals surface area contributed by atoms with E-state index < -0.39 is 0 Å². The van der Waals surface area contributed by atoms with E-state index >= 15 is 0 Å². The number of aromatic nitrogens is 2. The van der Waals surface area contributed by atoms with Gasteiger partial charge in [0, 0.05) is 36.6 Å². The first-order valence-electron chi connectivity index (χ1n) is 8.24. The van der Waals surface area contributed by atoms with Crippen LogP contribution in [0.2, 0.25) is 0 Å². The van der Waals surface area contributed by atoms with E-state index in [1.807, 2.05) is 11.0 Å². The highest BCUT2D eigenvalue weighted by Gasteiger charge is 2.25. The van der Waals surface area contributed by atoms with Crippen LogP contribution < -0.4 is 11.3 Å². The van der Waals surface area contributed by atoms with Gasteiger partial charge in [-0.2, -0.15) is 0 Å². The van der Waals surface area contributed by atoms with E-state index in [9.17, 15) is 9.59 Å². The molecule has 2 N–H and O–H groups in total. The van der Waals surface area contributed by atoms with E-state index in [0.29, 0.717) is 24.0 Å². The van der Waals surface area contributed by atoms with Crippen LogP contribution in [0.25, 0.3) is 10.9 Å². The van der Waals surface area contributed by atoms with Crippen LogP contribution in [-0.4, -0.2) is 39.5 Å². The average molecular weight is 393 g/mol. The number of likely N-dealkylation sites (tertiary alicyclic amines) is 1. The number of hydrogen-bond acceptors (Lipinski definition) is 4. The molecule has 6 nitrogen and oxygen atoms in total. The summed E-state index contributed by atoms with van der Waals surface area (Å²) in [7, 11) is 0. The van der Waals surface area contributed by atoms with Crippen molar-refractivity contribution in [2.24, 2.45) is 5.73 Å². The van der Waals surface area contributed by atoms with Crippen molar-refractivity contribution in [3.8, 4) is 0 Å². The summed E-state index contributed by atoms with van der Waals surface area (Å²) in [5.41, 5.74) is 6.31. The molecule has 7 heteroatoms. The third kappa shape index (κ3) is 3.52. The summed E-state index contributed by atoms with van der Waals surface area (Å²) in [6.07, 6.45) is 4.91. The monoisotopic (exact) mass is 392 g/mol. The Balaban J connectivity index is 1.74. The topological polar surface area (TPSA) is 81.2 Å². The summed E-state index contributed by atoms with van der Waals surface area (Å²) in [5.74, 6) is 0.0615. The van der Waals surface area contributed by atoms with Gasteiger partial charge in [0.05, 0.1) is 17.2 Å². The minimum Gasteiger partial charge on any atom is -0.338 e. The zero-order chi connectivity index (χ0) is 17.1. The predicted molar refractivity (Wildman–Crippen MR) is 96.7 cm³/mol. The van der Waals surface area contributed by atoms with Crippen LogP contribution in [0.3, 0.4) is 0 Å². The summed E-state index contributed by atoms with van der Waals surface area (Å²) < 4.78 is 2.34. The van der Waals surface area contributed by atoms with E-state index in [-0.39, 0.29) is 23.9 Å². The minimum absolute atomic E-state index is 0.0615. The van der Waals surface area contributed by atoms with Gasteiger partial charge in [-0.1, -0.05) is 15.9 Å².